The molecule has 0 fully saturated rings. The van der Waals surface area contributed by atoms with E-state index in [2.05, 4.69) is 19.0 Å². The van der Waals surface area contributed by atoms with Gasteiger partial charge in [0, 0.05) is 0 Å². The topological polar surface area (TPSA) is 29.5 Å². The molecule has 0 aliphatic rings. The molecule has 108 valence electrons. The Balaban J connectivity index is 0.00000154. The fourth-order valence-electron chi connectivity index (χ4n) is 1.62. The van der Waals surface area contributed by atoms with E-state index < -0.39 is 0 Å². The van der Waals surface area contributed by atoms with Crippen LogP contribution in [0.1, 0.15) is 43.1 Å². The van der Waals surface area contributed by atoms with Crippen LogP contribution in [0, 0.1) is 0 Å². The maximum Gasteiger partial charge on any atom is 0.338 e. The highest BCUT2D eigenvalue weighted by molar-refractivity contribution is 5.89. The van der Waals surface area contributed by atoms with Crippen molar-refractivity contribution in [3.63, 3.8) is 0 Å². The third kappa shape index (κ3) is 7.62. The number of esters is 1. The zero-order valence-electron chi connectivity index (χ0n) is 12.9. The van der Waals surface area contributed by atoms with Gasteiger partial charge in [0.05, 0.1) is 12.2 Å². The maximum atomic E-state index is 11.4. The first-order valence-electron chi connectivity index (χ1n) is 7.04. The summed E-state index contributed by atoms with van der Waals surface area (Å²) < 4.78 is 4.93. The lowest BCUT2D eigenvalue weighted by atomic mass is 10.1. The number of ether oxygens (including phenoxy) is 1. The Hall–Kier alpha value is -1.35. The number of nitrogens with zero attached hydrogens (tertiary/aromatic N) is 1. The molecule has 0 amide bonds. The Morgan fingerprint density at radius 1 is 1.16 bits per heavy atom. The van der Waals surface area contributed by atoms with Gasteiger partial charge in [0.2, 0.25) is 0 Å². The summed E-state index contributed by atoms with van der Waals surface area (Å²) in [6.45, 7) is 7.32. The maximum absolute atomic E-state index is 11.4. The Morgan fingerprint density at radius 3 is 2.21 bits per heavy atom. The molecule has 0 spiro atoms. The number of carbonyl (C=O) groups is 1. The van der Waals surface area contributed by atoms with Crippen LogP contribution in [0.2, 0.25) is 0 Å². The van der Waals surface area contributed by atoms with Crippen molar-refractivity contribution >= 4 is 5.97 Å². The molecule has 0 aliphatic carbocycles. The van der Waals surface area contributed by atoms with Crippen molar-refractivity contribution < 1.29 is 9.53 Å². The smallest absolute Gasteiger partial charge is 0.338 e. The predicted molar refractivity (Wildman–Crippen MR) is 80.6 cm³/mol. The van der Waals surface area contributed by atoms with Crippen molar-refractivity contribution in [2.75, 3.05) is 27.2 Å². The second-order valence-electron chi connectivity index (χ2n) is 4.32. The third-order valence-corrected chi connectivity index (χ3v) is 2.54. The monoisotopic (exact) mass is 265 g/mol. The Bertz CT molecular complexity index is 344. The molecule has 0 aromatic heterocycles. The lowest BCUT2D eigenvalue weighted by molar-refractivity contribution is 0.0526. The van der Waals surface area contributed by atoms with Gasteiger partial charge in [-0.05, 0) is 58.1 Å². The van der Waals surface area contributed by atoms with Crippen molar-refractivity contribution in [1.29, 1.82) is 0 Å². The lowest BCUT2D eigenvalue weighted by Crippen LogP contribution is -2.13. The summed E-state index contributed by atoms with van der Waals surface area (Å²) in [4.78, 5) is 13.6. The van der Waals surface area contributed by atoms with E-state index in [1.807, 2.05) is 45.0 Å². The highest BCUT2D eigenvalue weighted by Gasteiger charge is 2.05. The van der Waals surface area contributed by atoms with E-state index >= 15 is 0 Å². The standard InChI is InChI=1S/C14H21NO2.C2H6/c1-4-17-14(16)13-9-7-12(8-10-13)6-5-11-15(2)3;1-2/h7-10H,4-6,11H2,1-3H3;1-2H3. The van der Waals surface area contributed by atoms with Gasteiger partial charge in [-0.15, -0.1) is 0 Å². The minimum absolute atomic E-state index is 0.243. The first-order valence-corrected chi connectivity index (χ1v) is 7.04. The molecule has 0 bridgehead atoms. The second-order valence-corrected chi connectivity index (χ2v) is 4.32. The number of hydrogen-bond donors (Lipinski definition) is 0. The van der Waals surface area contributed by atoms with E-state index in [1.54, 1.807) is 0 Å². The first kappa shape index (κ1) is 17.6. The van der Waals surface area contributed by atoms with Gasteiger partial charge in [0.15, 0.2) is 0 Å². The van der Waals surface area contributed by atoms with Crippen LogP contribution >= 0.6 is 0 Å². The molecular weight excluding hydrogens is 238 g/mol. The van der Waals surface area contributed by atoms with Gasteiger partial charge >= 0.3 is 5.97 Å². The molecule has 1 aromatic rings. The lowest BCUT2D eigenvalue weighted by Gasteiger charge is -2.09. The Morgan fingerprint density at radius 2 is 1.74 bits per heavy atom. The molecule has 19 heavy (non-hydrogen) atoms. The molecule has 1 aromatic carbocycles. The summed E-state index contributed by atoms with van der Waals surface area (Å²) in [6, 6.07) is 7.68. The van der Waals surface area contributed by atoms with Crippen molar-refractivity contribution in [2.24, 2.45) is 0 Å². The zero-order valence-corrected chi connectivity index (χ0v) is 12.9. The van der Waals surface area contributed by atoms with E-state index in [4.69, 9.17) is 4.74 Å². The molecule has 1 rings (SSSR count). The van der Waals surface area contributed by atoms with Crippen LogP contribution in [0.4, 0.5) is 0 Å². The quantitative estimate of drug-likeness (QED) is 0.738. The van der Waals surface area contributed by atoms with Gasteiger partial charge in [-0.25, -0.2) is 4.79 Å². The minimum Gasteiger partial charge on any atom is -0.462 e. The Kier molecular flexibility index (Phi) is 9.81. The average molecular weight is 265 g/mol. The summed E-state index contributed by atoms with van der Waals surface area (Å²) >= 11 is 0. The normalized spacial score (nSPS) is 9.79. The van der Waals surface area contributed by atoms with Gasteiger partial charge in [-0.3, -0.25) is 0 Å². The summed E-state index contributed by atoms with van der Waals surface area (Å²) in [6.07, 6.45) is 2.17. The first-order chi connectivity index (χ1) is 9.13. The molecule has 0 radical (unpaired) electrons. The summed E-state index contributed by atoms with van der Waals surface area (Å²) in [7, 11) is 4.15. The van der Waals surface area contributed by atoms with Crippen molar-refractivity contribution in [1.82, 2.24) is 4.90 Å². The molecule has 0 saturated carbocycles. The van der Waals surface area contributed by atoms with E-state index in [-0.39, 0.29) is 5.97 Å². The van der Waals surface area contributed by atoms with Crippen LogP contribution in [0.5, 0.6) is 0 Å². The summed E-state index contributed by atoms with van der Waals surface area (Å²) in [5.41, 5.74) is 1.89. The van der Waals surface area contributed by atoms with Gasteiger partial charge in [0.1, 0.15) is 0 Å². The van der Waals surface area contributed by atoms with Crippen molar-refractivity contribution in [3.8, 4) is 0 Å². The van der Waals surface area contributed by atoms with Crippen molar-refractivity contribution in [2.45, 2.75) is 33.6 Å². The van der Waals surface area contributed by atoms with E-state index in [0.29, 0.717) is 12.2 Å². The summed E-state index contributed by atoms with van der Waals surface area (Å²) in [5, 5.41) is 0. The molecule has 0 heterocycles. The van der Waals surface area contributed by atoms with Crippen LogP contribution in [0.25, 0.3) is 0 Å². The van der Waals surface area contributed by atoms with Gasteiger partial charge in [0.25, 0.3) is 0 Å². The predicted octanol–water partition coefficient (Wildman–Crippen LogP) is 3.38. The number of rotatable bonds is 6. The van der Waals surface area contributed by atoms with E-state index in [0.717, 1.165) is 19.4 Å². The van der Waals surface area contributed by atoms with Crippen LogP contribution in [-0.4, -0.2) is 38.1 Å². The van der Waals surface area contributed by atoms with E-state index in [1.165, 1.54) is 5.56 Å². The SMILES string of the molecule is CC.CCOC(=O)c1ccc(CCCN(C)C)cc1. The van der Waals surface area contributed by atoms with Crippen LogP contribution in [0.3, 0.4) is 0 Å². The highest BCUT2D eigenvalue weighted by atomic mass is 16.5. The van der Waals surface area contributed by atoms with Crippen LogP contribution < -0.4 is 0 Å². The molecule has 0 N–H and O–H groups in total. The molecule has 0 unspecified atom stereocenters. The molecule has 0 atom stereocenters. The Labute approximate surface area is 117 Å². The molecular formula is C16H27NO2. The fourth-order valence-corrected chi connectivity index (χ4v) is 1.62. The zero-order chi connectivity index (χ0) is 14.7. The molecule has 0 saturated heterocycles. The van der Waals surface area contributed by atoms with Gasteiger partial charge in [-0.1, -0.05) is 26.0 Å². The highest BCUT2D eigenvalue weighted by Crippen LogP contribution is 2.08. The number of carbonyl (C=O) groups excluding carboxylic acids is 1. The van der Waals surface area contributed by atoms with Gasteiger partial charge in [-0.2, -0.15) is 0 Å². The van der Waals surface area contributed by atoms with Crippen LogP contribution in [0.15, 0.2) is 24.3 Å². The van der Waals surface area contributed by atoms with Crippen LogP contribution in [-0.2, 0) is 11.2 Å². The largest absolute Gasteiger partial charge is 0.462 e. The third-order valence-electron chi connectivity index (χ3n) is 2.54. The summed E-state index contributed by atoms with van der Waals surface area (Å²) in [5.74, 6) is -0.243. The second kappa shape index (κ2) is 10.6. The number of benzene rings is 1. The van der Waals surface area contributed by atoms with Gasteiger partial charge < -0.3 is 9.64 Å². The minimum atomic E-state index is -0.243. The van der Waals surface area contributed by atoms with Crippen molar-refractivity contribution in [3.05, 3.63) is 35.4 Å². The molecule has 3 nitrogen and oxygen atoms in total. The van der Waals surface area contributed by atoms with E-state index in [9.17, 15) is 4.79 Å². The number of aryl methyl sites for hydroxylation is 1. The fraction of sp³-hybridized carbons (Fsp3) is 0.562. The molecule has 3 heteroatoms. The average Bonchev–Trinajstić information content (AvgIpc) is 2.41. The molecule has 0 aliphatic heterocycles. The number of hydrogen-bond acceptors (Lipinski definition) is 3.